The molecule has 0 aliphatic carbocycles. The Hall–Kier alpha value is 0.702. The molecule has 0 aliphatic heterocycles. The summed E-state index contributed by atoms with van der Waals surface area (Å²) in [5, 5.41) is 1.11. The van der Waals surface area contributed by atoms with Crippen LogP contribution in [0.25, 0.3) is 0 Å². The van der Waals surface area contributed by atoms with E-state index in [9.17, 15) is 19.2 Å². The summed E-state index contributed by atoms with van der Waals surface area (Å²) in [5.41, 5.74) is -0.859. The number of halogens is 1. The van der Waals surface area contributed by atoms with Crippen molar-refractivity contribution in [2.24, 2.45) is 22.2 Å². The van der Waals surface area contributed by atoms with Crippen molar-refractivity contribution < 1.29 is 33.4 Å². The molecule has 0 bridgehead atoms. The van der Waals surface area contributed by atoms with Gasteiger partial charge in [-0.25, -0.2) is 0 Å². The average Bonchev–Trinajstić information content (AvgIpc) is 0.812. The lowest BCUT2D eigenvalue weighted by Gasteiger charge is -2.43. The third-order valence-corrected chi connectivity index (χ3v) is 17.1. The summed E-state index contributed by atoms with van der Waals surface area (Å²) in [6, 6.07) is 0. The second-order valence-corrected chi connectivity index (χ2v) is 27.5. The van der Waals surface area contributed by atoms with Crippen LogP contribution in [0.15, 0.2) is 24.3 Å². The number of ether oxygens (including phenoxy) is 3. The first-order chi connectivity index (χ1) is 43.4. The highest BCUT2D eigenvalue weighted by molar-refractivity contribution is 9.09. The maximum Gasteiger partial charge on any atom is 0.311 e. The van der Waals surface area contributed by atoms with Gasteiger partial charge in [-0.1, -0.05) is 107 Å². The molecule has 0 rings (SSSR count). The van der Waals surface area contributed by atoms with Gasteiger partial charge in [-0.3, -0.25) is 19.2 Å². The molecular formula is C46H87B41BrO7. The van der Waals surface area contributed by atoms with Crippen molar-refractivity contribution in [3.63, 3.8) is 0 Å². The smallest absolute Gasteiger partial charge is 0.311 e. The molecule has 0 aliphatic rings. The van der Waals surface area contributed by atoms with E-state index in [0.717, 1.165) is 69.5 Å². The van der Waals surface area contributed by atoms with Crippen LogP contribution in [0, 0.1) is 22.2 Å². The molecule has 0 aromatic rings. The standard InChI is InChI=1S/C22H40O3.C17H31BrO2.C6H12O2.CH4.B21.B20/c1-7-25-20(24)22(5,6)18-16-14-12-10-8-9-11-13-15-17-21(3,4)19(2)23;1-4-20-16(19)17(2,3)14-12-10-8-6-5-7-9-11-13-15-18;1-4-8-6(7)5(2)3;;1-12-18(13(2)3)21(19(14(4)5)15(6)7)20(16(8)9)17(10)11;1-12(2)17(11)20(18(13(3)4)14(5)6)19(15(7)8)16(9)10/h8,10H,7,9,11-18H2,1-6H3;5,7H,4,6,8-15H2,1-3H3;5H,4H2,1-3H3;1H4;;/b10-8+;7-5+;;;;. The molecule has 7 nitrogen and oxygen atoms in total. The first kappa shape index (κ1) is 107. The summed E-state index contributed by atoms with van der Waals surface area (Å²) in [4.78, 5) is 45.5. The minimum Gasteiger partial charge on any atom is -0.466 e. The molecule has 0 saturated carbocycles. The SMILES string of the molecule is C.CCOC(=O)C(C)(C)CCCC/C=C/CCCCCC(C)(C)C(C)=O.CCOC(=O)C(C)(C)CCCCC/C=C/CCCCBr.CCOC(=O)C(C)C.[B]B([B])B([B])B(B(B([B])[B])B([B])[B])B(B([B])[B])B([B])[B].[B][B]B(B([B])[B])B(B(B([B])[B])B([B])[B])B(B([B])[B])B([B])[B]. The van der Waals surface area contributed by atoms with E-state index in [1.54, 1.807) is 13.8 Å². The number of unbranched alkanes of at least 4 members (excludes halogenated alkanes) is 10. The second kappa shape index (κ2) is 61.1. The quantitative estimate of drug-likeness (QED) is 0.0177. The largest absolute Gasteiger partial charge is 0.466 e. The van der Waals surface area contributed by atoms with E-state index in [1.165, 1.54) is 52.0 Å². The zero-order chi connectivity index (χ0) is 74.3. The van der Waals surface area contributed by atoms with Crippen molar-refractivity contribution in [2.45, 2.75) is 200 Å². The number of hydrogen-bond donors (Lipinski definition) is 0. The van der Waals surface area contributed by atoms with E-state index in [4.69, 9.17) is 180 Å². The van der Waals surface area contributed by atoms with Gasteiger partial charge < -0.3 is 14.2 Å². The van der Waals surface area contributed by atoms with Crippen LogP contribution in [0.2, 0.25) is 0 Å². The molecular weight excluding hydrogens is 1190 g/mol. The summed E-state index contributed by atoms with van der Waals surface area (Å²) >= 11 is 3.44. The summed E-state index contributed by atoms with van der Waals surface area (Å²) in [7, 11) is 128. The molecule has 49 heteroatoms. The van der Waals surface area contributed by atoms with Crippen molar-refractivity contribution in [3.8, 4) is 0 Å². The molecule has 0 spiro atoms. The minimum absolute atomic E-state index is 0. The van der Waals surface area contributed by atoms with Crippen LogP contribution in [-0.4, -0.2) is 341 Å². The van der Waals surface area contributed by atoms with Gasteiger partial charge in [0, 0.05) is 303 Å². The monoisotopic (exact) mass is 1280 g/mol. The van der Waals surface area contributed by atoms with Crippen LogP contribution in [0.3, 0.4) is 0 Å². The lowest BCUT2D eigenvalue weighted by atomic mass is 8.38. The van der Waals surface area contributed by atoms with Crippen LogP contribution < -0.4 is 0 Å². The van der Waals surface area contributed by atoms with Crippen LogP contribution in [0.1, 0.15) is 200 Å². The van der Waals surface area contributed by atoms with Gasteiger partial charge in [0.2, 0.25) is 0 Å². The molecule has 0 aromatic carbocycles. The van der Waals surface area contributed by atoms with Gasteiger partial charge in [0.05, 0.1) is 36.6 Å². The minimum atomic E-state index is -0.889. The van der Waals surface area contributed by atoms with Gasteiger partial charge in [0.1, 0.15) is 5.78 Å². The highest BCUT2D eigenvalue weighted by atomic mass is 79.9. The number of hydrogen-bond acceptors (Lipinski definition) is 7. The Bertz CT molecular complexity index is 1890. The molecule has 0 saturated heterocycles. The number of Topliss-reactive ketones (excluding diaryl/α,β-unsaturated/α-hetero) is 1. The van der Waals surface area contributed by atoms with Crippen molar-refractivity contribution in [1.82, 2.24) is 0 Å². The van der Waals surface area contributed by atoms with Crippen molar-refractivity contribution >= 4 is 332 Å². The Labute approximate surface area is 631 Å². The molecule has 0 atom stereocenters. The highest BCUT2D eigenvalue weighted by Crippen LogP contribution is 2.28. The van der Waals surface area contributed by atoms with Crippen LogP contribution >= 0.6 is 15.9 Å². The van der Waals surface area contributed by atoms with E-state index >= 15 is 0 Å². The summed E-state index contributed by atoms with van der Waals surface area (Å²) in [6.07, 6.45) is 14.3. The summed E-state index contributed by atoms with van der Waals surface area (Å²) in [6.45, 7) is 24.2. The van der Waals surface area contributed by atoms with Crippen LogP contribution in [0.4, 0.5) is 0 Å². The van der Waals surface area contributed by atoms with E-state index in [1.807, 2.05) is 69.2 Å². The van der Waals surface area contributed by atoms with Crippen molar-refractivity contribution in [2.75, 3.05) is 25.2 Å². The Morgan fingerprint density at radius 3 is 0.905 bits per heavy atom. The van der Waals surface area contributed by atoms with Gasteiger partial charge in [0.15, 0.2) is 0 Å². The lowest BCUT2D eigenvalue weighted by molar-refractivity contribution is -0.154. The molecule has 45 radical (unpaired) electrons. The van der Waals surface area contributed by atoms with E-state index in [-0.39, 0.29) is 47.5 Å². The van der Waals surface area contributed by atoms with E-state index < -0.39 is 115 Å². The van der Waals surface area contributed by atoms with Crippen molar-refractivity contribution in [3.05, 3.63) is 24.3 Å². The van der Waals surface area contributed by atoms with Gasteiger partial charge in [-0.05, 0) is 132 Å². The van der Waals surface area contributed by atoms with Crippen LogP contribution in [-0.2, 0) is 33.4 Å². The van der Waals surface area contributed by atoms with Gasteiger partial charge in [-0.15, -0.1) is 0 Å². The Morgan fingerprint density at radius 1 is 0.400 bits per heavy atom. The highest BCUT2D eigenvalue weighted by Gasteiger charge is 2.46. The lowest BCUT2D eigenvalue weighted by Crippen LogP contribution is -2.81. The average molecular weight is 1280 g/mol. The van der Waals surface area contributed by atoms with Crippen LogP contribution in [0.5, 0.6) is 0 Å². The second-order valence-electron chi connectivity index (χ2n) is 26.7. The zero-order valence-corrected chi connectivity index (χ0v) is 61.7. The molecule has 0 unspecified atom stereocenters. The molecule has 0 heterocycles. The fourth-order valence-electron chi connectivity index (χ4n) is 10.4. The molecule has 0 aromatic heterocycles. The molecule has 0 amide bonds. The third kappa shape index (κ3) is 50.7. The third-order valence-electron chi connectivity index (χ3n) is 16.6. The number of allylic oxidation sites excluding steroid dienone is 4. The topological polar surface area (TPSA) is 96.0 Å². The molecule has 95 heavy (non-hydrogen) atoms. The van der Waals surface area contributed by atoms with Gasteiger partial charge in [0.25, 0.3) is 0 Å². The number of alkyl halides is 1. The summed E-state index contributed by atoms with van der Waals surface area (Å²) in [5.74, 6) is 0.0335. The Kier molecular flexibility index (Phi) is 68.6. The maximum absolute atomic E-state index is 11.8. The molecule has 0 N–H and O–H groups in total. The van der Waals surface area contributed by atoms with E-state index in [0.29, 0.717) is 25.6 Å². The fourth-order valence-corrected chi connectivity index (χ4v) is 10.8. The van der Waals surface area contributed by atoms with E-state index in [2.05, 4.69) is 45.0 Å². The van der Waals surface area contributed by atoms with Gasteiger partial charge in [-0.2, -0.15) is 0 Å². The predicted molar refractivity (Wildman–Crippen MR) is 470 cm³/mol. The molecule has 0 fully saturated rings. The fraction of sp³-hybridized carbons (Fsp3) is 0.826. The summed E-state index contributed by atoms with van der Waals surface area (Å²) < 4.78 is 14.9. The predicted octanol–water partition coefficient (Wildman–Crippen LogP) is -1.87. The number of esters is 3. The first-order valence-corrected chi connectivity index (χ1v) is 34.9. The molecule has 443 valence electrons. The number of rotatable bonds is 45. The van der Waals surface area contributed by atoms with Gasteiger partial charge >= 0.3 is 17.9 Å². The Morgan fingerprint density at radius 2 is 0.674 bits per heavy atom. The maximum atomic E-state index is 11.8. The normalized spacial score (nSPS) is 10.6. The zero-order valence-electron chi connectivity index (χ0n) is 60.1. The number of carbonyl (C=O) groups is 4. The number of ketones is 1. The first-order valence-electron chi connectivity index (χ1n) is 33.7. The number of carbonyl (C=O) groups excluding carboxylic acids is 4. The Balaban J connectivity index is -0.000000267. The van der Waals surface area contributed by atoms with Crippen molar-refractivity contribution in [1.29, 1.82) is 0 Å².